The van der Waals surface area contributed by atoms with Gasteiger partial charge in [0.15, 0.2) is 0 Å². The molecule has 0 unspecified atom stereocenters. The van der Waals surface area contributed by atoms with E-state index in [2.05, 4.69) is 4.98 Å². The van der Waals surface area contributed by atoms with Gasteiger partial charge in [-0.15, -0.1) is 0 Å². The molecule has 16 heavy (non-hydrogen) atoms. The van der Waals surface area contributed by atoms with E-state index in [1.165, 1.54) is 0 Å². The van der Waals surface area contributed by atoms with Gasteiger partial charge >= 0.3 is 0 Å². The summed E-state index contributed by atoms with van der Waals surface area (Å²) in [6.07, 6.45) is 3.55. The van der Waals surface area contributed by atoms with Crippen LogP contribution in [0.25, 0.3) is 5.69 Å². The Morgan fingerprint density at radius 2 is 2.00 bits per heavy atom. The van der Waals surface area contributed by atoms with E-state index in [4.69, 9.17) is 10.5 Å². The third-order valence-electron chi connectivity index (χ3n) is 2.48. The normalized spacial score (nSPS) is 12.4. The number of nitrogens with two attached hydrogens (primary N) is 1. The molecule has 0 amide bonds. The highest BCUT2D eigenvalue weighted by atomic mass is 16.5. The summed E-state index contributed by atoms with van der Waals surface area (Å²) < 4.78 is 7.09. The molecule has 0 aliphatic carbocycles. The first-order chi connectivity index (χ1) is 7.72. The van der Waals surface area contributed by atoms with Crippen LogP contribution in [0.5, 0.6) is 5.75 Å². The zero-order valence-corrected chi connectivity index (χ0v) is 9.42. The van der Waals surface area contributed by atoms with Crippen LogP contribution in [0.2, 0.25) is 0 Å². The van der Waals surface area contributed by atoms with E-state index in [0.717, 1.165) is 17.1 Å². The fraction of sp³-hybridized carbons (Fsp3) is 0.250. The summed E-state index contributed by atoms with van der Waals surface area (Å²) in [5.41, 5.74) is 7.89. The molecule has 1 heterocycles. The van der Waals surface area contributed by atoms with Crippen LogP contribution in [0, 0.1) is 0 Å². The molecule has 4 heteroatoms. The van der Waals surface area contributed by atoms with Crippen molar-refractivity contribution >= 4 is 0 Å². The summed E-state index contributed by atoms with van der Waals surface area (Å²) >= 11 is 0. The Hall–Kier alpha value is -1.81. The minimum atomic E-state index is -0.0374. The highest BCUT2D eigenvalue weighted by molar-refractivity contribution is 5.39. The Bertz CT molecular complexity index is 459. The fourth-order valence-corrected chi connectivity index (χ4v) is 1.60. The molecule has 4 nitrogen and oxygen atoms in total. The van der Waals surface area contributed by atoms with Gasteiger partial charge in [0.1, 0.15) is 5.75 Å². The Labute approximate surface area is 94.7 Å². The van der Waals surface area contributed by atoms with E-state index in [0.29, 0.717) is 0 Å². The molecule has 0 radical (unpaired) electrons. The molecule has 0 aliphatic heterocycles. The maximum absolute atomic E-state index is 5.87. The van der Waals surface area contributed by atoms with E-state index in [9.17, 15) is 0 Å². The minimum absolute atomic E-state index is 0.0374. The van der Waals surface area contributed by atoms with E-state index < -0.39 is 0 Å². The summed E-state index contributed by atoms with van der Waals surface area (Å²) in [5.74, 6) is 0.839. The van der Waals surface area contributed by atoms with Crippen molar-refractivity contribution in [1.29, 1.82) is 0 Å². The summed E-state index contributed by atoms with van der Waals surface area (Å²) in [6, 6.07) is 7.75. The average Bonchev–Trinajstić information content (AvgIpc) is 2.78. The Morgan fingerprint density at radius 3 is 2.56 bits per heavy atom. The molecule has 0 saturated heterocycles. The summed E-state index contributed by atoms with van der Waals surface area (Å²) in [6.45, 7) is 1.94. The highest BCUT2D eigenvalue weighted by Gasteiger charge is 2.07. The zero-order valence-electron chi connectivity index (χ0n) is 9.42. The Morgan fingerprint density at radius 1 is 1.31 bits per heavy atom. The molecule has 2 rings (SSSR count). The Balaban J connectivity index is 2.38. The zero-order chi connectivity index (χ0) is 11.5. The number of imidazole rings is 1. The van der Waals surface area contributed by atoms with E-state index >= 15 is 0 Å². The molecule has 0 bridgehead atoms. The van der Waals surface area contributed by atoms with Crippen molar-refractivity contribution in [3.05, 3.63) is 42.5 Å². The molecular formula is C12H15N3O. The molecule has 0 saturated carbocycles. The molecule has 2 N–H and O–H groups in total. The van der Waals surface area contributed by atoms with Crippen molar-refractivity contribution < 1.29 is 4.74 Å². The first-order valence-electron chi connectivity index (χ1n) is 5.14. The second-order valence-electron chi connectivity index (χ2n) is 3.68. The van der Waals surface area contributed by atoms with E-state index in [-0.39, 0.29) is 6.04 Å². The molecular weight excluding hydrogens is 202 g/mol. The smallest absolute Gasteiger partial charge is 0.119 e. The van der Waals surface area contributed by atoms with Crippen LogP contribution >= 0.6 is 0 Å². The third-order valence-corrected chi connectivity index (χ3v) is 2.48. The molecule has 0 fully saturated rings. The molecule has 1 aromatic heterocycles. The first-order valence-corrected chi connectivity index (χ1v) is 5.14. The molecule has 0 aliphatic rings. The van der Waals surface area contributed by atoms with Gasteiger partial charge in [-0.3, -0.25) is 0 Å². The van der Waals surface area contributed by atoms with Crippen LogP contribution in [0.3, 0.4) is 0 Å². The van der Waals surface area contributed by atoms with Gasteiger partial charge in [-0.2, -0.15) is 0 Å². The van der Waals surface area contributed by atoms with Crippen LogP contribution in [0.4, 0.5) is 0 Å². The molecule has 2 aromatic rings. The van der Waals surface area contributed by atoms with E-state index in [1.54, 1.807) is 19.6 Å². The SMILES string of the molecule is COc1ccc(-n2cncc2[C@H](C)N)cc1. The van der Waals surface area contributed by atoms with Gasteiger partial charge in [0, 0.05) is 11.7 Å². The predicted molar refractivity (Wildman–Crippen MR) is 62.7 cm³/mol. The van der Waals surface area contributed by atoms with Crippen molar-refractivity contribution in [2.24, 2.45) is 5.73 Å². The lowest BCUT2D eigenvalue weighted by molar-refractivity contribution is 0.414. The summed E-state index contributed by atoms with van der Waals surface area (Å²) in [7, 11) is 1.65. The monoisotopic (exact) mass is 217 g/mol. The van der Waals surface area contributed by atoms with Crippen LogP contribution in [0.1, 0.15) is 18.7 Å². The highest BCUT2D eigenvalue weighted by Crippen LogP contribution is 2.18. The topological polar surface area (TPSA) is 53.1 Å². The lowest BCUT2D eigenvalue weighted by atomic mass is 10.2. The third kappa shape index (κ3) is 1.92. The number of aromatic nitrogens is 2. The van der Waals surface area contributed by atoms with Gasteiger partial charge < -0.3 is 15.0 Å². The number of hydrogen-bond acceptors (Lipinski definition) is 3. The first kappa shape index (κ1) is 10.7. The van der Waals surface area contributed by atoms with E-state index in [1.807, 2.05) is 35.8 Å². The molecule has 1 atom stereocenters. The lowest BCUT2D eigenvalue weighted by Gasteiger charge is -2.11. The van der Waals surface area contributed by atoms with Crippen LogP contribution in [-0.2, 0) is 0 Å². The minimum Gasteiger partial charge on any atom is -0.497 e. The lowest BCUT2D eigenvalue weighted by Crippen LogP contribution is -2.10. The van der Waals surface area contributed by atoms with Gasteiger partial charge in [0.05, 0.1) is 25.3 Å². The van der Waals surface area contributed by atoms with Crippen molar-refractivity contribution in [2.75, 3.05) is 7.11 Å². The molecule has 0 spiro atoms. The number of nitrogens with zero attached hydrogens (tertiary/aromatic N) is 2. The number of ether oxygens (including phenoxy) is 1. The van der Waals surface area contributed by atoms with Crippen molar-refractivity contribution in [1.82, 2.24) is 9.55 Å². The average molecular weight is 217 g/mol. The quantitative estimate of drug-likeness (QED) is 0.854. The summed E-state index contributed by atoms with van der Waals surface area (Å²) in [4.78, 5) is 4.11. The van der Waals surface area contributed by atoms with Crippen LogP contribution < -0.4 is 10.5 Å². The van der Waals surface area contributed by atoms with Crippen LogP contribution in [-0.4, -0.2) is 16.7 Å². The van der Waals surface area contributed by atoms with Crippen molar-refractivity contribution in [2.45, 2.75) is 13.0 Å². The standard InChI is InChI=1S/C12H15N3O/c1-9(13)12-7-14-8-15(12)10-3-5-11(16-2)6-4-10/h3-9H,13H2,1-2H3/t9-/m0/s1. The maximum atomic E-state index is 5.87. The number of methoxy groups -OCH3 is 1. The molecule has 1 aromatic carbocycles. The van der Waals surface area contributed by atoms with Gasteiger partial charge in [-0.25, -0.2) is 4.98 Å². The van der Waals surface area contributed by atoms with Gasteiger partial charge in [-0.05, 0) is 31.2 Å². The van der Waals surface area contributed by atoms with Crippen LogP contribution in [0.15, 0.2) is 36.8 Å². The predicted octanol–water partition coefficient (Wildman–Crippen LogP) is 1.90. The van der Waals surface area contributed by atoms with Gasteiger partial charge in [0.25, 0.3) is 0 Å². The largest absolute Gasteiger partial charge is 0.497 e. The molecule has 84 valence electrons. The second kappa shape index (κ2) is 4.37. The Kier molecular flexibility index (Phi) is 2.92. The van der Waals surface area contributed by atoms with Crippen molar-refractivity contribution in [3.8, 4) is 11.4 Å². The number of rotatable bonds is 3. The fourth-order valence-electron chi connectivity index (χ4n) is 1.60. The number of hydrogen-bond donors (Lipinski definition) is 1. The number of benzene rings is 1. The van der Waals surface area contributed by atoms with Gasteiger partial charge in [0.2, 0.25) is 0 Å². The summed E-state index contributed by atoms with van der Waals surface area (Å²) in [5, 5.41) is 0. The second-order valence-corrected chi connectivity index (χ2v) is 3.68. The van der Waals surface area contributed by atoms with Gasteiger partial charge in [-0.1, -0.05) is 0 Å². The van der Waals surface area contributed by atoms with Crippen molar-refractivity contribution in [3.63, 3.8) is 0 Å². The maximum Gasteiger partial charge on any atom is 0.119 e.